The van der Waals surface area contributed by atoms with Crippen molar-refractivity contribution in [3.8, 4) is 11.3 Å². The zero-order valence-electron chi connectivity index (χ0n) is 14.5. The summed E-state index contributed by atoms with van der Waals surface area (Å²) < 4.78 is 8.26. The molecule has 2 N–H and O–H groups in total. The molecule has 1 aliphatic rings. The van der Waals surface area contributed by atoms with Crippen LogP contribution >= 0.6 is 0 Å². The van der Waals surface area contributed by atoms with E-state index in [1.807, 2.05) is 36.4 Å². The van der Waals surface area contributed by atoms with Crippen LogP contribution in [0.1, 0.15) is 14.2 Å². The first-order valence-electron chi connectivity index (χ1n) is 8.89. The van der Waals surface area contributed by atoms with Gasteiger partial charge in [-0.2, -0.15) is 0 Å². The number of nitrogens with zero attached hydrogens (tertiary/aromatic N) is 4. The van der Waals surface area contributed by atoms with Gasteiger partial charge in [-0.1, -0.05) is 18.2 Å². The normalized spacial score (nSPS) is 16.4. The van der Waals surface area contributed by atoms with Crippen molar-refractivity contribution in [3.63, 3.8) is 0 Å². The van der Waals surface area contributed by atoms with E-state index in [4.69, 9.17) is 12.1 Å². The third-order valence-electron chi connectivity index (χ3n) is 4.68. The lowest BCUT2D eigenvalue weighted by atomic mass is 9.97. The summed E-state index contributed by atoms with van der Waals surface area (Å²) in [6.45, 7) is 2.60. The van der Waals surface area contributed by atoms with Gasteiger partial charge in [-0.3, -0.25) is 4.98 Å². The predicted molar refractivity (Wildman–Crippen MR) is 96.8 cm³/mol. The number of rotatable bonds is 3. The Kier molecular flexibility index (Phi) is 3.77. The summed E-state index contributed by atoms with van der Waals surface area (Å²) in [7, 11) is 0. The quantitative estimate of drug-likeness (QED) is 0.803. The van der Waals surface area contributed by atoms with E-state index < -0.39 is 0 Å². The average molecular weight is 320 g/mol. The van der Waals surface area contributed by atoms with Crippen LogP contribution < -0.4 is 10.6 Å². The molecular weight excluding hydrogens is 298 g/mol. The molecule has 1 aliphatic heterocycles. The zero-order chi connectivity index (χ0) is 17.2. The Morgan fingerprint density at radius 3 is 2.83 bits per heavy atom. The van der Waals surface area contributed by atoms with Crippen LogP contribution in [0, 0.1) is 5.92 Å². The summed E-state index contributed by atoms with van der Waals surface area (Å²) in [5, 5.41) is 1.01. The molecule has 0 unspecified atom stereocenters. The van der Waals surface area contributed by atoms with Crippen LogP contribution in [0.25, 0.3) is 22.2 Å². The molecule has 0 aliphatic carbocycles. The van der Waals surface area contributed by atoms with Crippen molar-refractivity contribution < 1.29 is 1.37 Å². The first-order valence-corrected chi connectivity index (χ1v) is 8.39. The fourth-order valence-corrected chi connectivity index (χ4v) is 3.17. The highest BCUT2D eigenvalue weighted by atomic mass is 15.2. The van der Waals surface area contributed by atoms with Crippen molar-refractivity contribution in [2.75, 3.05) is 24.5 Å². The van der Waals surface area contributed by atoms with E-state index in [1.165, 1.54) is 0 Å². The maximum Gasteiger partial charge on any atom is 0.225 e. The third kappa shape index (κ3) is 2.95. The number of hydrogen-bond acceptors (Lipinski definition) is 5. The molecule has 0 radical (unpaired) electrons. The van der Waals surface area contributed by atoms with Gasteiger partial charge in [-0.25, -0.2) is 9.97 Å². The zero-order valence-corrected chi connectivity index (χ0v) is 13.5. The number of hydrogen-bond donors (Lipinski definition) is 1. The lowest BCUT2D eigenvalue weighted by Gasteiger charge is -2.31. The van der Waals surface area contributed by atoms with Crippen LogP contribution in [0.15, 0.2) is 48.8 Å². The number of fused-ring (bicyclic) bond motifs is 1. The van der Waals surface area contributed by atoms with Gasteiger partial charge >= 0.3 is 0 Å². The molecule has 3 aromatic rings. The Hall–Kier alpha value is -2.53. The lowest BCUT2D eigenvalue weighted by Crippen LogP contribution is -2.37. The third-order valence-corrected chi connectivity index (χ3v) is 4.68. The number of nitrogens with two attached hydrogens (primary N) is 1. The molecule has 2 aromatic heterocycles. The minimum Gasteiger partial charge on any atom is -0.341 e. The summed E-state index contributed by atoms with van der Waals surface area (Å²) in [6, 6.07) is 11.7. The topological polar surface area (TPSA) is 67.9 Å². The van der Waals surface area contributed by atoms with E-state index in [-0.39, 0.29) is 6.17 Å². The van der Waals surface area contributed by atoms with Crippen molar-refractivity contribution in [2.24, 2.45) is 11.7 Å². The van der Waals surface area contributed by atoms with Gasteiger partial charge in [0.15, 0.2) is 0 Å². The minimum absolute atomic E-state index is 0.241. The summed E-state index contributed by atoms with van der Waals surface area (Å²) >= 11 is 0. The standard InChI is InChI=1S/C19H21N5/c20-12-14-6-9-24(10-7-14)19-21-8-5-18(23-19)16-11-15-3-1-2-4-17(15)22-13-16/h1-5,8,11,13-14H,6-7,9-10,12,20H2/i13D. The van der Waals surface area contributed by atoms with Gasteiger partial charge in [-0.05, 0) is 43.5 Å². The molecule has 122 valence electrons. The molecule has 0 atom stereocenters. The molecule has 3 heterocycles. The largest absolute Gasteiger partial charge is 0.341 e. The van der Waals surface area contributed by atoms with Crippen molar-refractivity contribution >= 4 is 16.9 Å². The average Bonchev–Trinajstić information content (AvgIpc) is 2.67. The Labute approximate surface area is 143 Å². The minimum atomic E-state index is 0.241. The molecule has 1 saturated heterocycles. The molecule has 1 fully saturated rings. The second-order valence-electron chi connectivity index (χ2n) is 6.25. The molecule has 0 saturated carbocycles. The number of aromatic nitrogens is 3. The van der Waals surface area contributed by atoms with Crippen LogP contribution in [-0.4, -0.2) is 34.6 Å². The molecule has 0 amide bonds. The number of pyridine rings is 1. The summed E-state index contributed by atoms with van der Waals surface area (Å²) in [4.78, 5) is 15.7. The Bertz CT molecular complexity index is 890. The molecule has 5 nitrogen and oxygen atoms in total. The molecule has 4 rings (SSSR count). The Morgan fingerprint density at radius 2 is 2.00 bits per heavy atom. The summed E-state index contributed by atoms with van der Waals surface area (Å²) in [5.41, 5.74) is 8.08. The smallest absolute Gasteiger partial charge is 0.225 e. The maximum atomic E-state index is 8.26. The van der Waals surface area contributed by atoms with Crippen LogP contribution in [-0.2, 0) is 0 Å². The highest BCUT2D eigenvalue weighted by Gasteiger charge is 2.20. The van der Waals surface area contributed by atoms with Crippen molar-refractivity contribution in [2.45, 2.75) is 12.8 Å². The second kappa shape index (κ2) is 6.53. The predicted octanol–water partition coefficient (Wildman–Crippen LogP) is 2.87. The van der Waals surface area contributed by atoms with Gasteiger partial charge in [0.2, 0.25) is 5.95 Å². The van der Waals surface area contributed by atoms with Gasteiger partial charge < -0.3 is 10.6 Å². The number of para-hydroxylation sites is 1. The Morgan fingerprint density at radius 1 is 1.17 bits per heavy atom. The molecule has 5 heteroatoms. The van der Waals surface area contributed by atoms with Crippen LogP contribution in [0.2, 0.25) is 0 Å². The first kappa shape index (κ1) is 13.9. The van der Waals surface area contributed by atoms with E-state index >= 15 is 0 Å². The molecule has 24 heavy (non-hydrogen) atoms. The summed E-state index contributed by atoms with van der Waals surface area (Å²) in [6.07, 6.45) is 4.16. The van der Waals surface area contributed by atoms with Gasteiger partial charge in [0, 0.05) is 36.4 Å². The van der Waals surface area contributed by atoms with Gasteiger partial charge in [0.25, 0.3) is 0 Å². The second-order valence-corrected chi connectivity index (χ2v) is 6.25. The summed E-state index contributed by atoms with van der Waals surface area (Å²) in [5.74, 6) is 1.32. The molecule has 1 aromatic carbocycles. The number of piperidine rings is 1. The fraction of sp³-hybridized carbons (Fsp3) is 0.316. The maximum absolute atomic E-state index is 8.26. The van der Waals surface area contributed by atoms with E-state index in [2.05, 4.69) is 14.9 Å². The molecule has 0 spiro atoms. The SMILES string of the molecule is [2H]c1nc2ccccc2cc1-c1ccnc(N2CCC(CN)CC2)n1. The lowest BCUT2D eigenvalue weighted by molar-refractivity contribution is 0.411. The van der Waals surface area contributed by atoms with Crippen molar-refractivity contribution in [1.29, 1.82) is 0 Å². The molecule has 0 bridgehead atoms. The van der Waals surface area contributed by atoms with Gasteiger partial charge in [-0.15, -0.1) is 0 Å². The molecular formula is C19H21N5. The van der Waals surface area contributed by atoms with E-state index in [9.17, 15) is 0 Å². The van der Waals surface area contributed by atoms with Gasteiger partial charge in [0.1, 0.15) is 0 Å². The number of benzene rings is 1. The van der Waals surface area contributed by atoms with Crippen LogP contribution in [0.4, 0.5) is 5.95 Å². The van der Waals surface area contributed by atoms with E-state index in [0.29, 0.717) is 5.92 Å². The first-order chi connectivity index (χ1) is 12.2. The van der Waals surface area contributed by atoms with Crippen molar-refractivity contribution in [1.82, 2.24) is 15.0 Å². The van der Waals surface area contributed by atoms with Crippen molar-refractivity contribution in [3.05, 3.63) is 48.8 Å². The fourth-order valence-electron chi connectivity index (χ4n) is 3.17. The highest BCUT2D eigenvalue weighted by molar-refractivity contribution is 5.82. The Balaban J connectivity index is 1.67. The van der Waals surface area contributed by atoms with Crippen LogP contribution in [0.3, 0.4) is 0 Å². The van der Waals surface area contributed by atoms with Gasteiger partial charge in [0.05, 0.1) is 12.6 Å². The highest BCUT2D eigenvalue weighted by Crippen LogP contribution is 2.24. The monoisotopic (exact) mass is 320 g/mol. The van der Waals surface area contributed by atoms with Crippen LogP contribution in [0.5, 0.6) is 0 Å². The van der Waals surface area contributed by atoms with E-state index in [0.717, 1.165) is 60.6 Å². The number of anilines is 1. The van der Waals surface area contributed by atoms with E-state index in [1.54, 1.807) is 6.20 Å².